The van der Waals surface area contributed by atoms with E-state index in [1.165, 1.54) is 4.88 Å². The van der Waals surface area contributed by atoms with E-state index in [2.05, 4.69) is 18.1 Å². The topological polar surface area (TPSA) is 37.6 Å². The van der Waals surface area contributed by atoms with E-state index in [0.717, 1.165) is 4.96 Å². The van der Waals surface area contributed by atoms with Gasteiger partial charge in [-0.15, -0.1) is 24.5 Å². The van der Waals surface area contributed by atoms with Crippen LogP contribution in [0.2, 0.25) is 0 Å². The van der Waals surface area contributed by atoms with Crippen LogP contribution in [0, 0.1) is 6.92 Å². The monoisotopic (exact) mass is 261 g/mol. The second kappa shape index (κ2) is 5.18. The van der Waals surface area contributed by atoms with Crippen molar-refractivity contribution in [3.63, 3.8) is 0 Å². The number of carbonyl (C=O) groups is 1. The van der Waals surface area contributed by atoms with Gasteiger partial charge in [-0.1, -0.05) is 12.2 Å². The summed E-state index contributed by atoms with van der Waals surface area (Å²) in [5.41, 5.74) is 0.463. The molecular formula is C13H15N3OS. The highest BCUT2D eigenvalue weighted by Gasteiger charge is 2.17. The summed E-state index contributed by atoms with van der Waals surface area (Å²) in [6.07, 6.45) is 7.13. The Kier molecular flexibility index (Phi) is 3.62. The Hall–Kier alpha value is -1.88. The molecule has 2 heterocycles. The fourth-order valence-electron chi connectivity index (χ4n) is 1.73. The second-order valence-corrected chi connectivity index (χ2v) is 5.16. The first-order chi connectivity index (χ1) is 8.65. The summed E-state index contributed by atoms with van der Waals surface area (Å²) >= 11 is 1.57. The molecule has 0 bridgehead atoms. The van der Waals surface area contributed by atoms with Crippen molar-refractivity contribution in [1.29, 1.82) is 0 Å². The summed E-state index contributed by atoms with van der Waals surface area (Å²) in [6.45, 7) is 10.3. The molecule has 18 heavy (non-hydrogen) atoms. The Labute approximate surface area is 110 Å². The predicted octanol–water partition coefficient (Wildman–Crippen LogP) is 2.52. The zero-order valence-corrected chi connectivity index (χ0v) is 11.1. The number of imidazole rings is 1. The van der Waals surface area contributed by atoms with Gasteiger partial charge >= 0.3 is 0 Å². The van der Waals surface area contributed by atoms with Crippen LogP contribution in [-0.4, -0.2) is 33.3 Å². The first-order valence-corrected chi connectivity index (χ1v) is 6.43. The van der Waals surface area contributed by atoms with Crippen LogP contribution in [0.15, 0.2) is 37.7 Å². The van der Waals surface area contributed by atoms with Crippen molar-refractivity contribution in [3.8, 4) is 0 Å². The minimum absolute atomic E-state index is 0.0941. The van der Waals surface area contributed by atoms with Crippen LogP contribution in [0.5, 0.6) is 0 Å². The molecule has 0 fully saturated rings. The molecule has 2 aromatic rings. The molecule has 0 atom stereocenters. The number of rotatable bonds is 5. The minimum Gasteiger partial charge on any atom is -0.330 e. The molecule has 0 unspecified atom stereocenters. The van der Waals surface area contributed by atoms with Crippen molar-refractivity contribution in [2.24, 2.45) is 0 Å². The molecule has 0 aliphatic heterocycles. The van der Waals surface area contributed by atoms with Crippen molar-refractivity contribution in [2.45, 2.75) is 6.92 Å². The van der Waals surface area contributed by atoms with Gasteiger partial charge in [0, 0.05) is 30.4 Å². The molecule has 0 aliphatic carbocycles. The van der Waals surface area contributed by atoms with Crippen LogP contribution in [0.25, 0.3) is 4.96 Å². The van der Waals surface area contributed by atoms with Crippen LogP contribution in [0.4, 0.5) is 0 Å². The zero-order valence-electron chi connectivity index (χ0n) is 10.3. The number of nitrogens with zero attached hydrogens (tertiary/aromatic N) is 3. The average molecular weight is 261 g/mol. The number of hydrogen-bond donors (Lipinski definition) is 0. The number of fused-ring (bicyclic) bond motifs is 1. The van der Waals surface area contributed by atoms with E-state index in [4.69, 9.17) is 0 Å². The Morgan fingerprint density at radius 3 is 2.67 bits per heavy atom. The number of thiazole rings is 1. The third kappa shape index (κ3) is 2.36. The number of aromatic nitrogens is 2. The van der Waals surface area contributed by atoms with Crippen molar-refractivity contribution >= 4 is 22.2 Å². The predicted molar refractivity (Wildman–Crippen MR) is 74.1 cm³/mol. The quantitative estimate of drug-likeness (QED) is 0.776. The van der Waals surface area contributed by atoms with Gasteiger partial charge in [-0.2, -0.15) is 0 Å². The van der Waals surface area contributed by atoms with E-state index in [1.807, 2.05) is 17.5 Å². The van der Waals surface area contributed by atoms with Crippen LogP contribution in [0.1, 0.15) is 15.4 Å². The highest BCUT2D eigenvalue weighted by atomic mass is 32.1. The lowest BCUT2D eigenvalue weighted by Crippen LogP contribution is -2.31. The smallest absolute Gasteiger partial charge is 0.274 e. The first kappa shape index (κ1) is 12.6. The molecule has 5 heteroatoms. The Balaban J connectivity index is 2.27. The number of carbonyl (C=O) groups excluding carboxylic acids is 1. The Morgan fingerprint density at radius 2 is 2.11 bits per heavy atom. The van der Waals surface area contributed by atoms with Crippen molar-refractivity contribution in [3.05, 3.63) is 48.3 Å². The Bertz CT molecular complexity index is 555. The zero-order chi connectivity index (χ0) is 13.1. The number of amides is 1. The molecule has 0 aromatic carbocycles. The normalized spacial score (nSPS) is 10.5. The fraction of sp³-hybridized carbons (Fsp3) is 0.231. The van der Waals surface area contributed by atoms with Gasteiger partial charge in [0.25, 0.3) is 5.91 Å². The summed E-state index contributed by atoms with van der Waals surface area (Å²) in [5.74, 6) is -0.0941. The van der Waals surface area contributed by atoms with E-state index in [0.29, 0.717) is 18.8 Å². The van der Waals surface area contributed by atoms with Gasteiger partial charge in [-0.3, -0.25) is 9.20 Å². The maximum Gasteiger partial charge on any atom is 0.274 e. The summed E-state index contributed by atoms with van der Waals surface area (Å²) in [7, 11) is 0. The Morgan fingerprint density at radius 1 is 1.44 bits per heavy atom. The van der Waals surface area contributed by atoms with Gasteiger partial charge in [-0.05, 0) is 6.92 Å². The molecule has 0 N–H and O–H groups in total. The van der Waals surface area contributed by atoms with E-state index in [9.17, 15) is 4.79 Å². The van der Waals surface area contributed by atoms with Gasteiger partial charge in [0.1, 0.15) is 5.69 Å². The van der Waals surface area contributed by atoms with Crippen molar-refractivity contribution in [2.75, 3.05) is 13.1 Å². The molecule has 94 valence electrons. The minimum atomic E-state index is -0.0941. The van der Waals surface area contributed by atoms with Gasteiger partial charge in [-0.25, -0.2) is 4.98 Å². The van der Waals surface area contributed by atoms with E-state index in [-0.39, 0.29) is 5.91 Å². The third-order valence-electron chi connectivity index (χ3n) is 2.48. The van der Waals surface area contributed by atoms with Gasteiger partial charge < -0.3 is 4.90 Å². The average Bonchev–Trinajstić information content (AvgIpc) is 2.84. The molecule has 0 radical (unpaired) electrons. The third-order valence-corrected chi connectivity index (χ3v) is 3.39. The maximum absolute atomic E-state index is 12.2. The van der Waals surface area contributed by atoms with Crippen LogP contribution < -0.4 is 0 Å². The van der Waals surface area contributed by atoms with Crippen molar-refractivity contribution < 1.29 is 4.79 Å². The van der Waals surface area contributed by atoms with E-state index < -0.39 is 0 Å². The van der Waals surface area contributed by atoms with E-state index in [1.54, 1.807) is 34.6 Å². The van der Waals surface area contributed by atoms with Crippen LogP contribution in [0.3, 0.4) is 0 Å². The van der Waals surface area contributed by atoms with Gasteiger partial charge in [0.05, 0.1) is 0 Å². The van der Waals surface area contributed by atoms with Crippen LogP contribution >= 0.6 is 11.3 Å². The fourth-order valence-corrected chi connectivity index (χ4v) is 2.54. The molecule has 0 saturated heterocycles. The highest BCUT2D eigenvalue weighted by Crippen LogP contribution is 2.17. The molecule has 1 amide bonds. The van der Waals surface area contributed by atoms with Gasteiger partial charge in [0.2, 0.25) is 0 Å². The molecule has 0 saturated carbocycles. The van der Waals surface area contributed by atoms with Crippen molar-refractivity contribution in [1.82, 2.24) is 14.3 Å². The number of aryl methyl sites for hydroxylation is 1. The SMILES string of the molecule is C=CCN(CC=C)C(=O)c1cn2cc(C)sc2n1. The maximum atomic E-state index is 12.2. The summed E-state index contributed by atoms with van der Waals surface area (Å²) < 4.78 is 1.88. The number of hydrogen-bond acceptors (Lipinski definition) is 3. The first-order valence-electron chi connectivity index (χ1n) is 5.62. The molecule has 4 nitrogen and oxygen atoms in total. The second-order valence-electron chi connectivity index (χ2n) is 3.95. The summed E-state index contributed by atoms with van der Waals surface area (Å²) in [5, 5.41) is 0. The lowest BCUT2D eigenvalue weighted by Gasteiger charge is -2.17. The van der Waals surface area contributed by atoms with Gasteiger partial charge in [0.15, 0.2) is 4.96 Å². The highest BCUT2D eigenvalue weighted by molar-refractivity contribution is 7.17. The molecular weight excluding hydrogens is 246 g/mol. The molecule has 0 aliphatic rings. The lowest BCUT2D eigenvalue weighted by atomic mass is 10.3. The largest absolute Gasteiger partial charge is 0.330 e. The molecule has 2 rings (SSSR count). The lowest BCUT2D eigenvalue weighted by molar-refractivity contribution is 0.0786. The summed E-state index contributed by atoms with van der Waals surface area (Å²) in [4.78, 5) is 20.2. The summed E-state index contributed by atoms with van der Waals surface area (Å²) in [6, 6.07) is 0. The van der Waals surface area contributed by atoms with E-state index >= 15 is 0 Å². The molecule has 2 aromatic heterocycles. The standard InChI is InChI=1S/C13H15N3OS/c1-4-6-15(7-5-2)12(17)11-9-16-8-10(3)18-13(16)14-11/h4-5,8-9H,1-2,6-7H2,3H3. The van der Waals surface area contributed by atoms with Crippen LogP contribution in [-0.2, 0) is 0 Å². The molecule has 0 spiro atoms.